The van der Waals surface area contributed by atoms with Gasteiger partial charge in [0.1, 0.15) is 17.6 Å². The molecule has 0 N–H and O–H groups in total. The second kappa shape index (κ2) is 9.85. The zero-order valence-corrected chi connectivity index (χ0v) is 19.9. The van der Waals surface area contributed by atoms with E-state index in [-0.39, 0.29) is 43.4 Å². The van der Waals surface area contributed by atoms with Gasteiger partial charge in [0.25, 0.3) is 5.56 Å². The number of rotatable bonds is 5. The van der Waals surface area contributed by atoms with Crippen molar-refractivity contribution in [1.29, 1.82) is 0 Å². The number of esters is 1. The fourth-order valence-electron chi connectivity index (χ4n) is 3.21. The molecule has 0 aliphatic carbocycles. The Hall–Kier alpha value is -3.13. The van der Waals surface area contributed by atoms with E-state index in [1.807, 2.05) is 0 Å². The molecule has 0 radical (unpaired) electrons. The van der Waals surface area contributed by atoms with Crippen molar-refractivity contribution in [2.45, 2.75) is 26.1 Å². The molecule has 15 heteroatoms. The Labute approximate surface area is 203 Å². The Bertz CT molecular complexity index is 1350. The van der Waals surface area contributed by atoms with Gasteiger partial charge < -0.3 is 4.74 Å². The molecule has 1 aromatic carbocycles. The van der Waals surface area contributed by atoms with Gasteiger partial charge in [-0.05, 0) is 26.0 Å². The predicted octanol–water partition coefficient (Wildman–Crippen LogP) is 2.86. The van der Waals surface area contributed by atoms with Crippen molar-refractivity contribution in [3.63, 3.8) is 0 Å². The summed E-state index contributed by atoms with van der Waals surface area (Å²) < 4.78 is 59.4. The van der Waals surface area contributed by atoms with Gasteiger partial charge in [0, 0.05) is 13.1 Å². The Morgan fingerprint density at radius 1 is 1.26 bits per heavy atom. The molecule has 35 heavy (non-hydrogen) atoms. The summed E-state index contributed by atoms with van der Waals surface area (Å²) in [6.07, 6.45) is -4.99. The number of amidine groups is 1. The molecule has 1 unspecified atom stereocenters. The van der Waals surface area contributed by atoms with Crippen LogP contribution in [0.2, 0.25) is 5.02 Å². The number of aromatic nitrogens is 2. The minimum Gasteiger partial charge on any atom is -0.464 e. The van der Waals surface area contributed by atoms with E-state index in [9.17, 15) is 36.7 Å². The van der Waals surface area contributed by atoms with Crippen LogP contribution in [-0.4, -0.2) is 49.5 Å². The first-order chi connectivity index (χ1) is 16.3. The molecule has 1 atom stereocenters. The van der Waals surface area contributed by atoms with Crippen LogP contribution in [0.3, 0.4) is 0 Å². The van der Waals surface area contributed by atoms with Crippen LogP contribution in [0.15, 0.2) is 32.8 Å². The van der Waals surface area contributed by atoms with Crippen LogP contribution < -0.4 is 11.2 Å². The van der Waals surface area contributed by atoms with E-state index in [1.165, 1.54) is 6.92 Å². The number of hydrogen-bond donors (Lipinski definition) is 0. The summed E-state index contributed by atoms with van der Waals surface area (Å²) in [6, 6.07) is 0.729. The van der Waals surface area contributed by atoms with Crippen LogP contribution in [0.4, 0.5) is 23.2 Å². The van der Waals surface area contributed by atoms with Gasteiger partial charge in [-0.2, -0.15) is 13.2 Å². The lowest BCUT2D eigenvalue weighted by Crippen LogP contribution is -2.43. The average molecular weight is 537 g/mol. The zero-order valence-electron chi connectivity index (χ0n) is 18.4. The van der Waals surface area contributed by atoms with Gasteiger partial charge in [0.05, 0.1) is 28.8 Å². The van der Waals surface area contributed by atoms with Gasteiger partial charge in [-0.3, -0.25) is 19.1 Å². The third-order valence-electron chi connectivity index (χ3n) is 4.90. The first-order valence-corrected chi connectivity index (χ1v) is 11.2. The van der Waals surface area contributed by atoms with Crippen molar-refractivity contribution in [2.24, 2.45) is 12.0 Å². The molecule has 2 heterocycles. The van der Waals surface area contributed by atoms with E-state index in [1.54, 1.807) is 6.92 Å². The molecule has 1 amide bonds. The maximum Gasteiger partial charge on any atom is 0.431 e. The van der Waals surface area contributed by atoms with Crippen LogP contribution >= 0.6 is 23.4 Å². The van der Waals surface area contributed by atoms with E-state index in [0.29, 0.717) is 0 Å². The SMILES string of the molecule is CCOC(=O)C(C)N1C(=O)CS/C1=N\c1cc(-n2c(=O)cc(C(F)(F)F)n(C)c2=O)c(F)cc1Cl. The Morgan fingerprint density at radius 2 is 1.91 bits per heavy atom. The lowest BCUT2D eigenvalue weighted by atomic mass is 10.2. The quantitative estimate of drug-likeness (QED) is 0.430. The largest absolute Gasteiger partial charge is 0.464 e. The molecule has 1 saturated heterocycles. The number of amides is 1. The molecule has 0 bridgehead atoms. The number of thioether (sulfide) groups is 1. The smallest absolute Gasteiger partial charge is 0.431 e. The van der Waals surface area contributed by atoms with Crippen LogP contribution in [-0.2, 0) is 27.5 Å². The highest BCUT2D eigenvalue weighted by Gasteiger charge is 2.37. The number of carbonyl (C=O) groups is 2. The summed E-state index contributed by atoms with van der Waals surface area (Å²) in [5.74, 6) is -2.39. The first-order valence-electron chi connectivity index (χ1n) is 9.87. The molecule has 9 nitrogen and oxygen atoms in total. The molecule has 3 rings (SSSR count). The summed E-state index contributed by atoms with van der Waals surface area (Å²) in [7, 11) is 0.783. The molecule has 1 aliphatic heterocycles. The predicted molar refractivity (Wildman–Crippen MR) is 120 cm³/mol. The standard InChI is InChI=1S/C20H17ClF4N4O5S/c1-4-34-17(32)9(2)28-16(31)8-35-18(28)26-12-6-13(11(22)5-10(12)21)29-15(30)7-14(20(23,24)25)27(3)19(29)33/h5-7,9H,4,8H2,1-3H3/b26-18-. The van der Waals surface area contributed by atoms with Crippen molar-refractivity contribution in [1.82, 2.24) is 14.0 Å². The van der Waals surface area contributed by atoms with Gasteiger partial charge in [0.15, 0.2) is 5.17 Å². The van der Waals surface area contributed by atoms with E-state index in [0.717, 1.165) is 35.8 Å². The van der Waals surface area contributed by atoms with Crippen molar-refractivity contribution < 1.29 is 31.9 Å². The summed E-state index contributed by atoms with van der Waals surface area (Å²) in [4.78, 5) is 54.6. The molecule has 188 valence electrons. The van der Waals surface area contributed by atoms with Gasteiger partial charge in [-0.25, -0.2) is 23.5 Å². The summed E-state index contributed by atoms with van der Waals surface area (Å²) in [5.41, 5.74) is -5.29. The topological polar surface area (TPSA) is 103 Å². The second-order valence-corrected chi connectivity index (χ2v) is 8.52. The number of carbonyl (C=O) groups excluding carboxylic acids is 2. The maximum atomic E-state index is 14.7. The molecule has 1 aromatic heterocycles. The van der Waals surface area contributed by atoms with Crippen molar-refractivity contribution in [2.75, 3.05) is 12.4 Å². The Kier molecular flexibility index (Phi) is 7.45. The normalized spacial score (nSPS) is 16.2. The Morgan fingerprint density at radius 3 is 2.51 bits per heavy atom. The molecular formula is C20H17ClF4N4O5S. The molecular weight excluding hydrogens is 520 g/mol. The number of benzene rings is 1. The van der Waals surface area contributed by atoms with Crippen molar-refractivity contribution in [3.8, 4) is 5.69 Å². The van der Waals surface area contributed by atoms with Gasteiger partial charge >= 0.3 is 17.8 Å². The number of aliphatic imine (C=N–C) groups is 1. The fourth-order valence-corrected chi connectivity index (χ4v) is 4.36. The number of hydrogen-bond acceptors (Lipinski definition) is 7. The van der Waals surface area contributed by atoms with Gasteiger partial charge in [-0.15, -0.1) is 0 Å². The van der Waals surface area contributed by atoms with Crippen LogP contribution in [0.1, 0.15) is 19.5 Å². The maximum absolute atomic E-state index is 14.7. The molecule has 2 aromatic rings. The molecule has 1 fully saturated rings. The average Bonchev–Trinajstić information content (AvgIpc) is 3.12. The van der Waals surface area contributed by atoms with E-state index in [4.69, 9.17) is 16.3 Å². The Balaban J connectivity index is 2.15. The zero-order chi connectivity index (χ0) is 26.2. The lowest BCUT2D eigenvalue weighted by Gasteiger charge is -2.22. The van der Waals surface area contributed by atoms with Gasteiger partial charge in [0.2, 0.25) is 5.91 Å². The summed E-state index contributed by atoms with van der Waals surface area (Å²) in [5, 5.41) is -0.262. The summed E-state index contributed by atoms with van der Waals surface area (Å²) >= 11 is 7.02. The fraction of sp³-hybridized carbons (Fsp3) is 0.350. The van der Waals surface area contributed by atoms with E-state index >= 15 is 0 Å². The number of alkyl halides is 3. The number of halogens is 5. The van der Waals surface area contributed by atoms with E-state index < -0.39 is 52.5 Å². The highest BCUT2D eigenvalue weighted by molar-refractivity contribution is 8.15. The van der Waals surface area contributed by atoms with Crippen LogP contribution in [0.25, 0.3) is 5.69 Å². The monoisotopic (exact) mass is 536 g/mol. The molecule has 0 saturated carbocycles. The van der Waals surface area contributed by atoms with Crippen LogP contribution in [0, 0.1) is 5.82 Å². The highest BCUT2D eigenvalue weighted by Crippen LogP contribution is 2.33. The van der Waals surface area contributed by atoms with Crippen LogP contribution in [0.5, 0.6) is 0 Å². The lowest BCUT2D eigenvalue weighted by molar-refractivity contribution is -0.150. The summed E-state index contributed by atoms with van der Waals surface area (Å²) in [6.45, 7) is 3.09. The third kappa shape index (κ3) is 5.12. The van der Waals surface area contributed by atoms with Crippen molar-refractivity contribution >= 4 is 46.1 Å². The van der Waals surface area contributed by atoms with Crippen molar-refractivity contribution in [3.05, 3.63) is 55.6 Å². The number of nitrogens with zero attached hydrogens (tertiary/aromatic N) is 4. The highest BCUT2D eigenvalue weighted by atomic mass is 35.5. The molecule has 0 spiro atoms. The number of ether oxygens (including phenoxy) is 1. The van der Waals surface area contributed by atoms with E-state index in [2.05, 4.69) is 4.99 Å². The minimum absolute atomic E-state index is 0.0164. The molecule has 1 aliphatic rings. The first kappa shape index (κ1) is 26.5. The minimum atomic E-state index is -4.99. The third-order valence-corrected chi connectivity index (χ3v) is 6.14. The second-order valence-electron chi connectivity index (χ2n) is 7.17. The van der Waals surface area contributed by atoms with Gasteiger partial charge in [-0.1, -0.05) is 23.4 Å².